The predicted molar refractivity (Wildman–Crippen MR) is 78.5 cm³/mol. The highest BCUT2D eigenvalue weighted by atomic mass is 19.1. The third-order valence-electron chi connectivity index (χ3n) is 3.00. The van der Waals surface area contributed by atoms with Crippen LogP contribution in [-0.4, -0.2) is 30.9 Å². The Morgan fingerprint density at radius 2 is 2.15 bits per heavy atom. The van der Waals surface area contributed by atoms with Gasteiger partial charge in [-0.25, -0.2) is 4.39 Å². The zero-order chi connectivity index (χ0) is 15.1. The molecule has 1 unspecified atom stereocenters. The second kappa shape index (κ2) is 7.97. The molecule has 0 aliphatic carbocycles. The number of halogens is 1. The molecule has 0 saturated carbocycles. The van der Waals surface area contributed by atoms with Crippen molar-refractivity contribution in [3.63, 3.8) is 0 Å². The van der Waals surface area contributed by atoms with Crippen molar-refractivity contribution in [2.24, 2.45) is 5.73 Å². The number of nitrogens with zero attached hydrogens (tertiary/aromatic N) is 1. The molecule has 0 radical (unpaired) electrons. The van der Waals surface area contributed by atoms with Crippen LogP contribution in [0.5, 0.6) is 0 Å². The van der Waals surface area contributed by atoms with E-state index in [0.29, 0.717) is 25.1 Å². The molecule has 1 amide bonds. The zero-order valence-corrected chi connectivity index (χ0v) is 12.4. The molecule has 0 spiro atoms. The van der Waals surface area contributed by atoms with Gasteiger partial charge < -0.3 is 16.0 Å². The number of hydrogen-bond acceptors (Lipinski definition) is 3. The number of benzene rings is 1. The quantitative estimate of drug-likeness (QED) is 0.798. The van der Waals surface area contributed by atoms with Crippen LogP contribution in [0, 0.1) is 5.82 Å². The predicted octanol–water partition coefficient (Wildman–Crippen LogP) is 1.63. The number of rotatable bonds is 7. The van der Waals surface area contributed by atoms with E-state index in [2.05, 4.69) is 5.32 Å². The van der Waals surface area contributed by atoms with E-state index in [9.17, 15) is 9.18 Å². The van der Waals surface area contributed by atoms with Gasteiger partial charge in [0.05, 0.1) is 6.04 Å². The number of carbonyl (C=O) groups excluding carboxylic acids is 1. The van der Waals surface area contributed by atoms with Gasteiger partial charge in [-0.3, -0.25) is 4.79 Å². The summed E-state index contributed by atoms with van der Waals surface area (Å²) in [6.45, 7) is 2.89. The SMILES string of the molecule is CCCC(N)C(=O)NCc1ccc(F)c(CN(C)C)c1. The molecule has 0 aromatic heterocycles. The Morgan fingerprint density at radius 1 is 1.45 bits per heavy atom. The van der Waals surface area contributed by atoms with Crippen LogP contribution < -0.4 is 11.1 Å². The van der Waals surface area contributed by atoms with Gasteiger partial charge in [0.2, 0.25) is 5.91 Å². The third kappa shape index (κ3) is 5.27. The molecular weight excluding hydrogens is 257 g/mol. The Bertz CT molecular complexity index is 449. The molecule has 20 heavy (non-hydrogen) atoms. The molecule has 0 aliphatic heterocycles. The van der Waals surface area contributed by atoms with Gasteiger partial charge in [0.1, 0.15) is 5.82 Å². The molecule has 0 saturated heterocycles. The van der Waals surface area contributed by atoms with Gasteiger partial charge in [-0.15, -0.1) is 0 Å². The summed E-state index contributed by atoms with van der Waals surface area (Å²) in [5.41, 5.74) is 7.23. The molecule has 0 fully saturated rings. The molecule has 4 nitrogen and oxygen atoms in total. The topological polar surface area (TPSA) is 58.4 Å². The Morgan fingerprint density at radius 3 is 2.75 bits per heavy atom. The van der Waals surface area contributed by atoms with Crippen molar-refractivity contribution in [2.45, 2.75) is 38.9 Å². The van der Waals surface area contributed by atoms with Crippen molar-refractivity contribution in [3.8, 4) is 0 Å². The largest absolute Gasteiger partial charge is 0.351 e. The fourth-order valence-electron chi connectivity index (χ4n) is 1.96. The minimum absolute atomic E-state index is 0.162. The molecule has 0 heterocycles. The van der Waals surface area contributed by atoms with Gasteiger partial charge in [0, 0.05) is 18.7 Å². The summed E-state index contributed by atoms with van der Waals surface area (Å²) in [6, 6.07) is 4.43. The molecule has 1 atom stereocenters. The molecule has 1 aromatic rings. The van der Waals surface area contributed by atoms with E-state index in [0.717, 1.165) is 12.0 Å². The smallest absolute Gasteiger partial charge is 0.237 e. The molecule has 112 valence electrons. The molecule has 1 aromatic carbocycles. The van der Waals surface area contributed by atoms with Crippen LogP contribution in [-0.2, 0) is 17.9 Å². The summed E-state index contributed by atoms with van der Waals surface area (Å²) < 4.78 is 13.6. The monoisotopic (exact) mass is 281 g/mol. The lowest BCUT2D eigenvalue weighted by molar-refractivity contribution is -0.122. The molecule has 1 rings (SSSR count). The van der Waals surface area contributed by atoms with E-state index in [1.807, 2.05) is 25.9 Å². The van der Waals surface area contributed by atoms with E-state index in [1.165, 1.54) is 6.07 Å². The zero-order valence-electron chi connectivity index (χ0n) is 12.4. The second-order valence-electron chi connectivity index (χ2n) is 5.28. The minimum Gasteiger partial charge on any atom is -0.351 e. The number of carbonyl (C=O) groups is 1. The van der Waals surface area contributed by atoms with Crippen molar-refractivity contribution >= 4 is 5.91 Å². The van der Waals surface area contributed by atoms with Crippen molar-refractivity contribution in [1.29, 1.82) is 0 Å². The van der Waals surface area contributed by atoms with E-state index >= 15 is 0 Å². The fourth-order valence-corrected chi connectivity index (χ4v) is 1.96. The van der Waals surface area contributed by atoms with Gasteiger partial charge in [0.15, 0.2) is 0 Å². The first-order chi connectivity index (χ1) is 9.43. The summed E-state index contributed by atoms with van der Waals surface area (Å²) in [5, 5.41) is 2.78. The van der Waals surface area contributed by atoms with E-state index < -0.39 is 6.04 Å². The number of hydrogen-bond donors (Lipinski definition) is 2. The van der Waals surface area contributed by atoms with Gasteiger partial charge in [0.25, 0.3) is 0 Å². The lowest BCUT2D eigenvalue weighted by Gasteiger charge is -2.14. The van der Waals surface area contributed by atoms with Crippen molar-refractivity contribution in [1.82, 2.24) is 10.2 Å². The maximum atomic E-state index is 13.6. The van der Waals surface area contributed by atoms with Crippen molar-refractivity contribution in [3.05, 3.63) is 35.1 Å². The highest BCUT2D eigenvalue weighted by Gasteiger charge is 2.12. The minimum atomic E-state index is -0.471. The Kier molecular flexibility index (Phi) is 6.61. The van der Waals surface area contributed by atoms with Gasteiger partial charge in [-0.2, -0.15) is 0 Å². The maximum absolute atomic E-state index is 13.6. The fraction of sp³-hybridized carbons (Fsp3) is 0.533. The summed E-state index contributed by atoms with van der Waals surface area (Å²) in [6.07, 6.45) is 1.54. The average molecular weight is 281 g/mol. The summed E-state index contributed by atoms with van der Waals surface area (Å²) in [4.78, 5) is 13.6. The molecule has 3 N–H and O–H groups in total. The van der Waals surface area contributed by atoms with Crippen LogP contribution in [0.1, 0.15) is 30.9 Å². The second-order valence-corrected chi connectivity index (χ2v) is 5.28. The Labute approximate surface area is 120 Å². The van der Waals surface area contributed by atoms with Crippen molar-refractivity contribution < 1.29 is 9.18 Å². The van der Waals surface area contributed by atoms with E-state index in [1.54, 1.807) is 12.1 Å². The normalized spacial score (nSPS) is 12.5. The summed E-state index contributed by atoms with van der Waals surface area (Å²) in [7, 11) is 3.77. The standard InChI is InChI=1S/C15H24FN3O/c1-4-5-14(17)15(20)18-9-11-6-7-13(16)12(8-11)10-19(2)3/h6-8,14H,4-5,9-10,17H2,1-3H3,(H,18,20). The van der Waals surface area contributed by atoms with Crippen LogP contribution in [0.2, 0.25) is 0 Å². The van der Waals surface area contributed by atoms with Crippen LogP contribution in [0.25, 0.3) is 0 Å². The van der Waals surface area contributed by atoms with E-state index in [-0.39, 0.29) is 11.7 Å². The summed E-state index contributed by atoms with van der Waals surface area (Å²) >= 11 is 0. The number of nitrogens with two attached hydrogens (primary N) is 1. The summed E-state index contributed by atoms with van der Waals surface area (Å²) in [5.74, 6) is -0.387. The molecular formula is C15H24FN3O. The maximum Gasteiger partial charge on any atom is 0.237 e. The lowest BCUT2D eigenvalue weighted by atomic mass is 10.1. The first-order valence-corrected chi connectivity index (χ1v) is 6.89. The van der Waals surface area contributed by atoms with E-state index in [4.69, 9.17) is 5.73 Å². The van der Waals surface area contributed by atoms with Gasteiger partial charge in [-0.05, 0) is 38.2 Å². The van der Waals surface area contributed by atoms with Crippen molar-refractivity contribution in [2.75, 3.05) is 14.1 Å². The first kappa shape index (κ1) is 16.6. The highest BCUT2D eigenvalue weighted by Crippen LogP contribution is 2.12. The number of nitrogens with one attached hydrogen (secondary N) is 1. The Hall–Kier alpha value is -1.46. The lowest BCUT2D eigenvalue weighted by Crippen LogP contribution is -2.40. The first-order valence-electron chi connectivity index (χ1n) is 6.89. The average Bonchev–Trinajstić information content (AvgIpc) is 2.39. The van der Waals surface area contributed by atoms with Crippen LogP contribution in [0.4, 0.5) is 4.39 Å². The van der Waals surface area contributed by atoms with Crippen LogP contribution in [0.15, 0.2) is 18.2 Å². The van der Waals surface area contributed by atoms with Crippen LogP contribution >= 0.6 is 0 Å². The van der Waals surface area contributed by atoms with Crippen LogP contribution in [0.3, 0.4) is 0 Å². The molecule has 0 bridgehead atoms. The number of amides is 1. The third-order valence-corrected chi connectivity index (χ3v) is 3.00. The van der Waals surface area contributed by atoms with Gasteiger partial charge >= 0.3 is 0 Å². The molecule has 5 heteroatoms. The highest BCUT2D eigenvalue weighted by molar-refractivity contribution is 5.81. The Balaban J connectivity index is 2.62. The molecule has 0 aliphatic rings. The van der Waals surface area contributed by atoms with Gasteiger partial charge in [-0.1, -0.05) is 19.4 Å².